The quantitative estimate of drug-likeness (QED) is 0.689. The molecule has 1 aromatic carbocycles. The van der Waals surface area contributed by atoms with Crippen molar-refractivity contribution in [2.24, 2.45) is 17.6 Å². The molecule has 0 aliphatic rings. The van der Waals surface area contributed by atoms with E-state index in [0.29, 0.717) is 6.04 Å². The molecule has 2 nitrogen and oxygen atoms in total. The lowest BCUT2D eigenvalue weighted by Gasteiger charge is -2.33. The first kappa shape index (κ1) is 18.2. The van der Waals surface area contributed by atoms with Crippen molar-refractivity contribution < 1.29 is 0 Å². The van der Waals surface area contributed by atoms with Gasteiger partial charge in [-0.3, -0.25) is 4.90 Å². The van der Waals surface area contributed by atoms with Gasteiger partial charge >= 0.3 is 0 Å². The second-order valence-electron chi connectivity index (χ2n) is 6.90. The number of nitrogens with zero attached hydrogens (tertiary/aromatic N) is 1. The Bertz CT molecular complexity index is 347. The molecule has 1 rings (SSSR count). The van der Waals surface area contributed by atoms with Gasteiger partial charge in [-0.15, -0.1) is 0 Å². The summed E-state index contributed by atoms with van der Waals surface area (Å²) in [6.07, 6.45) is 3.55. The predicted octanol–water partition coefficient (Wildman–Crippen LogP) is 4.47. The van der Waals surface area contributed by atoms with E-state index in [2.05, 4.69) is 62.9 Å². The van der Waals surface area contributed by atoms with Crippen LogP contribution in [0.3, 0.4) is 0 Å². The molecule has 120 valence electrons. The van der Waals surface area contributed by atoms with Crippen LogP contribution in [0.4, 0.5) is 0 Å². The minimum Gasteiger partial charge on any atom is -0.330 e. The first-order valence-corrected chi connectivity index (χ1v) is 8.53. The van der Waals surface area contributed by atoms with E-state index in [1.165, 1.54) is 31.5 Å². The van der Waals surface area contributed by atoms with Gasteiger partial charge in [-0.1, -0.05) is 58.0 Å². The van der Waals surface area contributed by atoms with Crippen LogP contribution in [-0.2, 0) is 0 Å². The molecule has 0 aromatic heterocycles. The fourth-order valence-electron chi connectivity index (χ4n) is 2.66. The molecule has 1 atom stereocenters. The maximum absolute atomic E-state index is 5.89. The van der Waals surface area contributed by atoms with Crippen LogP contribution < -0.4 is 5.73 Å². The molecular weight excluding hydrogens is 256 g/mol. The Kier molecular flexibility index (Phi) is 8.63. The number of benzene rings is 1. The van der Waals surface area contributed by atoms with Crippen LogP contribution in [0.1, 0.15) is 58.6 Å². The Morgan fingerprint density at radius 3 is 1.81 bits per heavy atom. The Labute approximate surface area is 131 Å². The molecule has 2 N–H and O–H groups in total. The summed E-state index contributed by atoms with van der Waals surface area (Å²) < 4.78 is 0. The summed E-state index contributed by atoms with van der Waals surface area (Å²) >= 11 is 0. The van der Waals surface area contributed by atoms with E-state index >= 15 is 0 Å². The topological polar surface area (TPSA) is 29.3 Å². The van der Waals surface area contributed by atoms with Gasteiger partial charge in [0.05, 0.1) is 0 Å². The average Bonchev–Trinajstić information content (AvgIpc) is 2.46. The van der Waals surface area contributed by atoms with Crippen LogP contribution in [0, 0.1) is 11.8 Å². The third kappa shape index (κ3) is 7.10. The summed E-state index contributed by atoms with van der Waals surface area (Å²) in [4.78, 5) is 2.65. The highest BCUT2D eigenvalue weighted by atomic mass is 15.2. The van der Waals surface area contributed by atoms with Gasteiger partial charge in [-0.25, -0.2) is 0 Å². The zero-order chi connectivity index (χ0) is 15.7. The van der Waals surface area contributed by atoms with Crippen LogP contribution in [-0.4, -0.2) is 24.5 Å². The lowest BCUT2D eigenvalue weighted by Crippen LogP contribution is -2.33. The molecule has 0 saturated heterocycles. The third-order valence-electron chi connectivity index (χ3n) is 4.05. The summed E-state index contributed by atoms with van der Waals surface area (Å²) in [6.45, 7) is 12.3. The van der Waals surface area contributed by atoms with Crippen molar-refractivity contribution >= 4 is 0 Å². The molecule has 1 unspecified atom stereocenters. The molecule has 0 fully saturated rings. The van der Waals surface area contributed by atoms with Gasteiger partial charge in [0.25, 0.3) is 0 Å². The lowest BCUT2D eigenvalue weighted by molar-refractivity contribution is 0.170. The lowest BCUT2D eigenvalue weighted by atomic mass is 9.99. The van der Waals surface area contributed by atoms with Crippen molar-refractivity contribution in [1.82, 2.24) is 4.90 Å². The van der Waals surface area contributed by atoms with E-state index in [4.69, 9.17) is 5.73 Å². The minimum atomic E-state index is 0.466. The number of rotatable bonds is 10. The molecule has 0 bridgehead atoms. The van der Waals surface area contributed by atoms with E-state index in [1.54, 1.807) is 0 Å². The summed E-state index contributed by atoms with van der Waals surface area (Å²) in [6, 6.07) is 11.3. The highest BCUT2D eigenvalue weighted by molar-refractivity contribution is 5.19. The molecule has 2 heteroatoms. The van der Waals surface area contributed by atoms with Gasteiger partial charge in [0.1, 0.15) is 0 Å². The van der Waals surface area contributed by atoms with Gasteiger partial charge in [0, 0.05) is 6.04 Å². The molecule has 0 aliphatic carbocycles. The number of hydrogen-bond donors (Lipinski definition) is 1. The molecular formula is C19H34N2. The summed E-state index contributed by atoms with van der Waals surface area (Å²) in [5.41, 5.74) is 7.30. The molecule has 21 heavy (non-hydrogen) atoms. The van der Waals surface area contributed by atoms with E-state index in [-0.39, 0.29) is 0 Å². The van der Waals surface area contributed by atoms with Crippen molar-refractivity contribution in [1.29, 1.82) is 0 Å². The van der Waals surface area contributed by atoms with Crippen LogP contribution >= 0.6 is 0 Å². The van der Waals surface area contributed by atoms with Crippen LogP contribution in [0.2, 0.25) is 0 Å². The van der Waals surface area contributed by atoms with Gasteiger partial charge < -0.3 is 5.73 Å². The van der Waals surface area contributed by atoms with Crippen LogP contribution in [0.25, 0.3) is 0 Å². The minimum absolute atomic E-state index is 0.466. The first-order chi connectivity index (χ1) is 10.0. The molecule has 1 aromatic rings. The van der Waals surface area contributed by atoms with Gasteiger partial charge in [0.15, 0.2) is 0 Å². The standard InChI is InChI=1S/C19H34N2/c1-16(2)11-14-21(15-12-17(3)4)19(10-13-20)18-8-6-5-7-9-18/h5-9,16-17,19H,10-15,20H2,1-4H3. The molecule has 0 heterocycles. The smallest absolute Gasteiger partial charge is 0.0360 e. The maximum Gasteiger partial charge on any atom is 0.0360 e. The third-order valence-corrected chi connectivity index (χ3v) is 4.05. The molecule has 0 spiro atoms. The fourth-order valence-corrected chi connectivity index (χ4v) is 2.66. The highest BCUT2D eigenvalue weighted by Gasteiger charge is 2.19. The second kappa shape index (κ2) is 9.97. The first-order valence-electron chi connectivity index (χ1n) is 8.53. The van der Waals surface area contributed by atoms with E-state index in [0.717, 1.165) is 24.8 Å². The highest BCUT2D eigenvalue weighted by Crippen LogP contribution is 2.25. The molecule has 0 saturated carbocycles. The summed E-state index contributed by atoms with van der Waals surface area (Å²) in [5, 5.41) is 0. The normalized spacial score (nSPS) is 13.3. The second-order valence-corrected chi connectivity index (χ2v) is 6.90. The number of hydrogen-bond acceptors (Lipinski definition) is 2. The Balaban J connectivity index is 2.82. The molecule has 0 radical (unpaired) electrons. The SMILES string of the molecule is CC(C)CCN(CCC(C)C)C(CCN)c1ccccc1. The monoisotopic (exact) mass is 290 g/mol. The van der Waals surface area contributed by atoms with E-state index < -0.39 is 0 Å². The van der Waals surface area contributed by atoms with Crippen LogP contribution in [0.15, 0.2) is 30.3 Å². The Morgan fingerprint density at radius 2 is 1.38 bits per heavy atom. The van der Waals surface area contributed by atoms with Gasteiger partial charge in [-0.2, -0.15) is 0 Å². The Morgan fingerprint density at radius 1 is 0.857 bits per heavy atom. The van der Waals surface area contributed by atoms with Crippen molar-refractivity contribution in [3.05, 3.63) is 35.9 Å². The van der Waals surface area contributed by atoms with Crippen molar-refractivity contribution in [3.63, 3.8) is 0 Å². The zero-order valence-corrected chi connectivity index (χ0v) is 14.4. The van der Waals surface area contributed by atoms with Crippen molar-refractivity contribution in [2.45, 2.75) is 53.0 Å². The van der Waals surface area contributed by atoms with Gasteiger partial charge in [0.2, 0.25) is 0 Å². The largest absolute Gasteiger partial charge is 0.330 e. The Hall–Kier alpha value is -0.860. The van der Waals surface area contributed by atoms with Crippen LogP contribution in [0.5, 0.6) is 0 Å². The fraction of sp³-hybridized carbons (Fsp3) is 0.684. The summed E-state index contributed by atoms with van der Waals surface area (Å²) in [7, 11) is 0. The average molecular weight is 290 g/mol. The number of nitrogens with two attached hydrogens (primary N) is 1. The predicted molar refractivity (Wildman–Crippen MR) is 93.3 cm³/mol. The maximum atomic E-state index is 5.89. The molecule has 0 aliphatic heterocycles. The van der Waals surface area contributed by atoms with Gasteiger partial charge in [-0.05, 0) is 56.3 Å². The van der Waals surface area contributed by atoms with Crippen molar-refractivity contribution in [3.8, 4) is 0 Å². The molecule has 0 amide bonds. The van der Waals surface area contributed by atoms with E-state index in [9.17, 15) is 0 Å². The summed E-state index contributed by atoms with van der Waals surface area (Å²) in [5.74, 6) is 1.50. The van der Waals surface area contributed by atoms with E-state index in [1.807, 2.05) is 0 Å². The van der Waals surface area contributed by atoms with Crippen molar-refractivity contribution in [2.75, 3.05) is 19.6 Å². The zero-order valence-electron chi connectivity index (χ0n) is 14.4.